The highest BCUT2D eigenvalue weighted by Crippen LogP contribution is 2.33. The maximum absolute atomic E-state index is 12.8. The second-order valence-corrected chi connectivity index (χ2v) is 9.35. The number of aromatic amines is 1. The van der Waals surface area contributed by atoms with Crippen LogP contribution < -0.4 is 10.6 Å². The smallest absolute Gasteiger partial charge is 0.228 e. The van der Waals surface area contributed by atoms with Gasteiger partial charge in [0.05, 0.1) is 26.0 Å². The molecule has 1 aliphatic carbocycles. The van der Waals surface area contributed by atoms with E-state index in [9.17, 15) is 9.00 Å². The molecule has 1 aromatic carbocycles. The largest absolute Gasteiger partial charge is 0.353 e. The molecule has 28 heavy (non-hydrogen) atoms. The number of carbonyl (C=O) groups excluding carboxylic acids is 1. The first-order valence-corrected chi connectivity index (χ1v) is 10.9. The molecule has 3 aromatic rings. The second-order valence-electron chi connectivity index (χ2n) is 6.94. The van der Waals surface area contributed by atoms with Gasteiger partial charge in [0.2, 0.25) is 5.91 Å². The molecule has 1 fully saturated rings. The first-order chi connectivity index (χ1) is 13.4. The first-order valence-electron chi connectivity index (χ1n) is 9.02. The summed E-state index contributed by atoms with van der Waals surface area (Å²) in [6.07, 6.45) is 3.44. The lowest BCUT2D eigenvalue weighted by Gasteiger charge is -2.14. The van der Waals surface area contributed by atoms with Crippen LogP contribution in [-0.4, -0.2) is 38.4 Å². The number of benzene rings is 1. The molecule has 3 N–H and O–H groups in total. The number of hydrogen-bond acceptors (Lipinski definition) is 6. The van der Waals surface area contributed by atoms with E-state index in [0.29, 0.717) is 39.1 Å². The van der Waals surface area contributed by atoms with Gasteiger partial charge in [-0.25, -0.2) is 18.5 Å². The quantitative estimate of drug-likeness (QED) is 0.609. The fourth-order valence-electron chi connectivity index (χ4n) is 2.98. The van der Waals surface area contributed by atoms with Gasteiger partial charge in [-0.2, -0.15) is 0 Å². The number of rotatable bonds is 5. The van der Waals surface area contributed by atoms with Crippen molar-refractivity contribution >= 4 is 44.0 Å². The summed E-state index contributed by atoms with van der Waals surface area (Å²) >= 11 is 0. The molecular weight excluding hydrogens is 376 g/mol. The summed E-state index contributed by atoms with van der Waals surface area (Å²) in [6, 6.07) is 9.08. The fourth-order valence-corrected chi connectivity index (χ4v) is 4.04. The molecule has 2 heterocycles. The van der Waals surface area contributed by atoms with Gasteiger partial charge < -0.3 is 15.6 Å². The highest BCUT2D eigenvalue weighted by atomic mass is 32.2. The normalized spacial score (nSPS) is 15.8. The Morgan fingerprint density at radius 2 is 2.00 bits per heavy atom. The average molecular weight is 398 g/mol. The van der Waals surface area contributed by atoms with Crippen LogP contribution >= 0.6 is 0 Å². The molecule has 0 bridgehead atoms. The average Bonchev–Trinajstić information content (AvgIpc) is 3.44. The zero-order chi connectivity index (χ0) is 19.9. The molecule has 146 valence electrons. The molecule has 1 aliphatic rings. The van der Waals surface area contributed by atoms with Crippen LogP contribution in [0.3, 0.4) is 0 Å². The Labute approximate surface area is 163 Å². The lowest BCUT2D eigenvalue weighted by Crippen LogP contribution is -2.14. The van der Waals surface area contributed by atoms with Crippen molar-refractivity contribution in [3.63, 3.8) is 0 Å². The number of aromatic nitrogens is 3. The van der Waals surface area contributed by atoms with Gasteiger partial charge in [-0.15, -0.1) is 0 Å². The maximum Gasteiger partial charge on any atom is 0.228 e. The summed E-state index contributed by atoms with van der Waals surface area (Å²) in [5, 5.41) is 6.19. The third-order valence-corrected chi connectivity index (χ3v) is 6.55. The minimum atomic E-state index is -2.53. The fraction of sp³-hybridized carbons (Fsp3) is 0.316. The number of amides is 1. The molecule has 4 rings (SSSR count). The Morgan fingerprint density at radius 1 is 1.25 bits per heavy atom. The molecule has 0 spiro atoms. The molecule has 1 amide bonds. The van der Waals surface area contributed by atoms with E-state index in [-0.39, 0.29) is 11.8 Å². The van der Waals surface area contributed by atoms with Crippen LogP contribution in [0.2, 0.25) is 0 Å². The summed E-state index contributed by atoms with van der Waals surface area (Å²) in [7, 11) is -0.982. The summed E-state index contributed by atoms with van der Waals surface area (Å²) in [4.78, 5) is 24.9. The van der Waals surface area contributed by atoms with Crippen LogP contribution in [0, 0.1) is 12.8 Å². The van der Waals surface area contributed by atoms with E-state index in [1.165, 1.54) is 0 Å². The molecule has 0 saturated heterocycles. The van der Waals surface area contributed by atoms with Crippen molar-refractivity contribution < 1.29 is 9.00 Å². The van der Waals surface area contributed by atoms with Crippen molar-refractivity contribution in [2.75, 3.05) is 23.9 Å². The summed E-state index contributed by atoms with van der Waals surface area (Å²) in [5.41, 5.74) is 2.56. The predicted octanol–water partition coefficient (Wildman–Crippen LogP) is 3.44. The molecule has 9 heteroatoms. The molecular formula is C19H22N6O2S. The van der Waals surface area contributed by atoms with Gasteiger partial charge in [0.25, 0.3) is 0 Å². The van der Waals surface area contributed by atoms with Crippen molar-refractivity contribution in [1.82, 2.24) is 15.0 Å². The number of aryl methyl sites for hydroxylation is 1. The van der Waals surface area contributed by atoms with E-state index >= 15 is 0 Å². The maximum atomic E-state index is 12.8. The van der Waals surface area contributed by atoms with E-state index in [0.717, 1.165) is 12.8 Å². The number of nitrogens with one attached hydrogen (secondary N) is 3. The zero-order valence-corrected chi connectivity index (χ0v) is 16.8. The van der Waals surface area contributed by atoms with Gasteiger partial charge in [-0.05, 0) is 31.9 Å². The van der Waals surface area contributed by atoms with E-state index in [4.69, 9.17) is 0 Å². The zero-order valence-electron chi connectivity index (χ0n) is 15.9. The first kappa shape index (κ1) is 18.4. The lowest BCUT2D eigenvalue weighted by atomic mass is 10.2. The lowest BCUT2D eigenvalue weighted by molar-refractivity contribution is -0.117. The minimum Gasteiger partial charge on any atom is -0.353 e. The highest BCUT2D eigenvalue weighted by molar-refractivity contribution is 7.93. The third-order valence-electron chi connectivity index (χ3n) is 4.68. The van der Waals surface area contributed by atoms with Gasteiger partial charge >= 0.3 is 0 Å². The number of fused-ring (bicyclic) bond motifs is 1. The topological polar surface area (TPSA) is 112 Å². The molecule has 0 radical (unpaired) electrons. The minimum absolute atomic E-state index is 0.0178. The van der Waals surface area contributed by atoms with Gasteiger partial charge in [0.15, 0.2) is 5.65 Å². The molecule has 0 aliphatic heterocycles. The van der Waals surface area contributed by atoms with Gasteiger partial charge in [-0.3, -0.25) is 4.79 Å². The number of carbonyl (C=O) groups is 1. The van der Waals surface area contributed by atoms with Crippen molar-refractivity contribution in [1.29, 1.82) is 0 Å². The van der Waals surface area contributed by atoms with Crippen LogP contribution in [0.15, 0.2) is 39.6 Å². The molecule has 0 unspecified atom stereocenters. The second kappa shape index (κ2) is 6.90. The summed E-state index contributed by atoms with van der Waals surface area (Å²) < 4.78 is 16.9. The number of pyridine rings is 1. The van der Waals surface area contributed by atoms with Crippen LogP contribution in [0.4, 0.5) is 17.2 Å². The van der Waals surface area contributed by atoms with E-state index in [2.05, 4.69) is 29.9 Å². The van der Waals surface area contributed by atoms with Crippen LogP contribution in [-0.2, 0) is 14.5 Å². The van der Waals surface area contributed by atoms with E-state index in [1.54, 1.807) is 25.4 Å². The predicted molar refractivity (Wildman–Crippen MR) is 110 cm³/mol. The standard InChI is InChI=1S/C19H22N6O2S/c1-11-21-17-14(23-13-6-4-5-7-15(13)28(3,27)20-2)10-16(24-18(17)22-11)25-19(26)12-8-9-12/h4-7,10,12H,8-9H2,1-3H3,(H3,21,22,23,24,25,26)/t28-/m1/s1. The number of anilines is 3. The molecule has 1 saturated carbocycles. The van der Waals surface area contributed by atoms with Crippen molar-refractivity contribution in [3.05, 3.63) is 36.2 Å². The Hall–Kier alpha value is -2.94. The van der Waals surface area contributed by atoms with Gasteiger partial charge in [-0.1, -0.05) is 12.1 Å². The van der Waals surface area contributed by atoms with Gasteiger partial charge in [0.1, 0.15) is 17.2 Å². The van der Waals surface area contributed by atoms with Crippen molar-refractivity contribution in [3.8, 4) is 0 Å². The number of imidazole rings is 1. The molecule has 2 aromatic heterocycles. The number of nitrogens with zero attached hydrogens (tertiary/aromatic N) is 3. The van der Waals surface area contributed by atoms with Gasteiger partial charge in [0, 0.05) is 25.3 Å². The summed E-state index contributed by atoms with van der Waals surface area (Å²) in [6.45, 7) is 1.84. The van der Waals surface area contributed by atoms with Crippen LogP contribution in [0.1, 0.15) is 18.7 Å². The molecule has 8 nitrogen and oxygen atoms in total. The van der Waals surface area contributed by atoms with Crippen molar-refractivity contribution in [2.24, 2.45) is 10.3 Å². The highest BCUT2D eigenvalue weighted by Gasteiger charge is 2.30. The Bertz CT molecular complexity index is 1190. The molecule has 1 atom stereocenters. The SMILES string of the molecule is CN=[S@](C)(=O)c1ccccc1Nc1cc(NC(=O)C2CC2)nc2[nH]c(C)nc12. The summed E-state index contributed by atoms with van der Waals surface area (Å²) in [5.74, 6) is 1.22. The monoisotopic (exact) mass is 398 g/mol. The van der Waals surface area contributed by atoms with Crippen molar-refractivity contribution in [2.45, 2.75) is 24.7 Å². The Balaban J connectivity index is 1.78. The third kappa shape index (κ3) is 3.57. The van der Waals surface area contributed by atoms with E-state index in [1.807, 2.05) is 25.1 Å². The Morgan fingerprint density at radius 3 is 2.71 bits per heavy atom. The van der Waals surface area contributed by atoms with E-state index < -0.39 is 9.73 Å². The number of H-pyrrole nitrogens is 1. The number of para-hydroxylation sites is 1. The Kier molecular flexibility index (Phi) is 4.54. The number of hydrogen-bond donors (Lipinski definition) is 3. The van der Waals surface area contributed by atoms with Crippen LogP contribution in [0.25, 0.3) is 11.2 Å². The van der Waals surface area contributed by atoms with Crippen LogP contribution in [0.5, 0.6) is 0 Å².